The van der Waals surface area contributed by atoms with E-state index >= 15 is 0 Å². The molecule has 0 bridgehead atoms. The van der Waals surface area contributed by atoms with E-state index in [-0.39, 0.29) is 17.0 Å². The fourth-order valence-corrected chi connectivity index (χ4v) is 0.982. The van der Waals surface area contributed by atoms with E-state index in [9.17, 15) is 0 Å². The zero-order valence-electron chi connectivity index (χ0n) is 5.26. The monoisotopic (exact) mass is 176 g/mol. The van der Waals surface area contributed by atoms with E-state index in [1.165, 1.54) is 19.3 Å². The minimum atomic E-state index is 0. The summed E-state index contributed by atoms with van der Waals surface area (Å²) in [5.74, 6) is 0.855. The van der Waals surface area contributed by atoms with Crippen LogP contribution in [-0.4, -0.2) is 0 Å². The van der Waals surface area contributed by atoms with Crippen LogP contribution in [0.4, 0.5) is 0 Å². The van der Waals surface area contributed by atoms with Crippen LogP contribution in [0.3, 0.4) is 0 Å². The van der Waals surface area contributed by atoms with Crippen molar-refractivity contribution in [1.29, 1.82) is 0 Å². The third-order valence-electron chi connectivity index (χ3n) is 1.49. The van der Waals surface area contributed by atoms with Crippen LogP contribution in [0.25, 0.3) is 0 Å². The Morgan fingerprint density at radius 1 is 1.50 bits per heavy atom. The second kappa shape index (κ2) is 4.13. The zero-order valence-corrected chi connectivity index (χ0v) is 6.97. The summed E-state index contributed by atoms with van der Waals surface area (Å²) in [4.78, 5) is 0. The van der Waals surface area contributed by atoms with Gasteiger partial charge in [0.2, 0.25) is 0 Å². The molecule has 0 aromatic rings. The second-order valence-electron chi connectivity index (χ2n) is 2.34. The number of hydrogen-bond acceptors (Lipinski definition) is 0. The van der Waals surface area contributed by atoms with Gasteiger partial charge in [-0.05, 0) is 25.2 Å². The van der Waals surface area contributed by atoms with Crippen molar-refractivity contribution >= 4 is 17.0 Å². The Bertz CT molecular complexity index is 76.5. The minimum Gasteiger partial charge on any atom is -0.114 e. The van der Waals surface area contributed by atoms with Crippen molar-refractivity contribution in [2.45, 2.75) is 26.2 Å². The molecule has 0 heterocycles. The van der Waals surface area contributed by atoms with E-state index in [1.54, 1.807) is 0 Å². The maximum absolute atomic E-state index is 2.31. The highest BCUT2D eigenvalue weighted by molar-refractivity contribution is 8.93. The van der Waals surface area contributed by atoms with Crippen molar-refractivity contribution in [1.82, 2.24) is 0 Å². The van der Waals surface area contributed by atoms with Gasteiger partial charge in [0.15, 0.2) is 0 Å². The van der Waals surface area contributed by atoms with Crippen LogP contribution < -0.4 is 0 Å². The van der Waals surface area contributed by atoms with Gasteiger partial charge in [-0.2, -0.15) is 0 Å². The Kier molecular flexibility index (Phi) is 4.25. The Morgan fingerprint density at radius 3 is 2.50 bits per heavy atom. The van der Waals surface area contributed by atoms with Gasteiger partial charge in [0, 0.05) is 0 Å². The number of rotatable bonds is 0. The molecule has 0 aromatic carbocycles. The fourth-order valence-electron chi connectivity index (χ4n) is 0.982. The van der Waals surface area contributed by atoms with Crippen LogP contribution in [0.1, 0.15) is 26.2 Å². The lowest BCUT2D eigenvalue weighted by Gasteiger charge is -2.08. The Hall–Kier alpha value is 0.220. The molecule has 0 aromatic heterocycles. The van der Waals surface area contributed by atoms with Crippen molar-refractivity contribution in [2.24, 2.45) is 5.92 Å². The first-order valence-corrected chi connectivity index (χ1v) is 3.06. The number of halogens is 1. The largest absolute Gasteiger partial charge is 0.114 e. The van der Waals surface area contributed by atoms with Gasteiger partial charge in [-0.3, -0.25) is 0 Å². The third kappa shape index (κ3) is 2.51. The summed E-state index contributed by atoms with van der Waals surface area (Å²) in [6.45, 7) is 2.27. The Morgan fingerprint density at radius 2 is 2.25 bits per heavy atom. The van der Waals surface area contributed by atoms with E-state index in [0.717, 1.165) is 5.92 Å². The number of hydrogen-bond donors (Lipinski definition) is 0. The quantitative estimate of drug-likeness (QED) is 0.499. The topological polar surface area (TPSA) is 0 Å². The second-order valence-corrected chi connectivity index (χ2v) is 2.34. The molecule has 48 valence electrons. The average molecular weight is 177 g/mol. The maximum Gasteiger partial charge on any atom is -0.0262 e. The van der Waals surface area contributed by atoms with Crippen LogP contribution in [0.2, 0.25) is 0 Å². The molecule has 0 radical (unpaired) electrons. The first-order chi connectivity index (χ1) is 3.39. The summed E-state index contributed by atoms with van der Waals surface area (Å²) in [7, 11) is 0. The van der Waals surface area contributed by atoms with E-state index in [2.05, 4.69) is 19.1 Å². The van der Waals surface area contributed by atoms with Crippen molar-refractivity contribution < 1.29 is 0 Å². The lowest BCUT2D eigenvalue weighted by atomic mass is 9.98. The smallest absolute Gasteiger partial charge is 0.0262 e. The molecule has 1 rings (SSSR count). The molecule has 1 unspecified atom stereocenters. The van der Waals surface area contributed by atoms with Crippen LogP contribution in [-0.2, 0) is 0 Å². The summed E-state index contributed by atoms with van der Waals surface area (Å²) in [5.41, 5.74) is 0. The van der Waals surface area contributed by atoms with Crippen molar-refractivity contribution in [3.63, 3.8) is 0 Å². The highest BCUT2D eigenvalue weighted by atomic mass is 79.9. The molecule has 0 saturated heterocycles. The van der Waals surface area contributed by atoms with Gasteiger partial charge in [-0.15, -0.1) is 17.0 Å². The van der Waals surface area contributed by atoms with Gasteiger partial charge >= 0.3 is 0 Å². The van der Waals surface area contributed by atoms with Crippen LogP contribution >= 0.6 is 17.0 Å². The average Bonchev–Trinajstić information content (AvgIpc) is 1.69. The van der Waals surface area contributed by atoms with Crippen LogP contribution in [0.15, 0.2) is 12.2 Å². The van der Waals surface area contributed by atoms with Crippen molar-refractivity contribution in [3.8, 4) is 0 Å². The lowest BCUT2D eigenvalue weighted by Crippen LogP contribution is -1.92. The molecular weight excluding hydrogens is 164 g/mol. The number of allylic oxidation sites excluding steroid dienone is 2. The van der Waals surface area contributed by atoms with Gasteiger partial charge in [0.1, 0.15) is 0 Å². The predicted octanol–water partition coefficient (Wildman–Crippen LogP) is 2.94. The van der Waals surface area contributed by atoms with E-state index in [1.807, 2.05) is 0 Å². The SMILES string of the molecule is Br.CC1C=CCCC1. The van der Waals surface area contributed by atoms with Crippen molar-refractivity contribution in [3.05, 3.63) is 12.2 Å². The molecule has 1 aliphatic carbocycles. The fraction of sp³-hybridized carbons (Fsp3) is 0.714. The summed E-state index contributed by atoms with van der Waals surface area (Å²) in [6, 6.07) is 0. The molecule has 0 nitrogen and oxygen atoms in total. The van der Waals surface area contributed by atoms with Crippen molar-refractivity contribution in [2.75, 3.05) is 0 Å². The summed E-state index contributed by atoms with van der Waals surface area (Å²) in [5, 5.41) is 0. The molecule has 8 heavy (non-hydrogen) atoms. The molecule has 0 amide bonds. The molecule has 0 fully saturated rings. The highest BCUT2D eigenvalue weighted by Gasteiger charge is 1.98. The highest BCUT2D eigenvalue weighted by Crippen LogP contribution is 2.14. The van der Waals surface area contributed by atoms with E-state index < -0.39 is 0 Å². The predicted molar refractivity (Wildman–Crippen MR) is 42.5 cm³/mol. The Balaban J connectivity index is 0.000000490. The van der Waals surface area contributed by atoms with Gasteiger partial charge in [-0.1, -0.05) is 19.1 Å². The van der Waals surface area contributed by atoms with E-state index in [4.69, 9.17) is 0 Å². The van der Waals surface area contributed by atoms with Gasteiger partial charge in [0.25, 0.3) is 0 Å². The summed E-state index contributed by atoms with van der Waals surface area (Å²) >= 11 is 0. The maximum atomic E-state index is 2.31. The van der Waals surface area contributed by atoms with Crippen LogP contribution in [0, 0.1) is 5.92 Å². The molecule has 1 aliphatic rings. The molecule has 0 aliphatic heterocycles. The normalized spacial score (nSPS) is 26.9. The third-order valence-corrected chi connectivity index (χ3v) is 1.49. The van der Waals surface area contributed by atoms with E-state index in [0.29, 0.717) is 0 Å². The Labute approximate surface area is 61.7 Å². The molecule has 1 heteroatoms. The molecule has 0 saturated carbocycles. The zero-order chi connectivity index (χ0) is 5.11. The molecule has 0 spiro atoms. The van der Waals surface area contributed by atoms with Gasteiger partial charge in [0.05, 0.1) is 0 Å². The first-order valence-electron chi connectivity index (χ1n) is 3.06. The minimum absolute atomic E-state index is 0. The van der Waals surface area contributed by atoms with Gasteiger partial charge in [-0.25, -0.2) is 0 Å². The standard InChI is InChI=1S/C7H12.BrH/c1-7-5-3-2-4-6-7;/h3,5,7H,2,4,6H2,1H3;1H. The molecular formula is C7H13Br. The summed E-state index contributed by atoms with van der Waals surface area (Å²) in [6.07, 6.45) is 8.70. The lowest BCUT2D eigenvalue weighted by molar-refractivity contribution is 0.584. The molecule has 0 N–H and O–H groups in total. The summed E-state index contributed by atoms with van der Waals surface area (Å²) < 4.78 is 0. The molecule has 1 atom stereocenters. The van der Waals surface area contributed by atoms with Crippen LogP contribution in [0.5, 0.6) is 0 Å². The first kappa shape index (κ1) is 8.22. The van der Waals surface area contributed by atoms with Gasteiger partial charge < -0.3 is 0 Å².